The first-order chi connectivity index (χ1) is 10.9. The lowest BCUT2D eigenvalue weighted by Gasteiger charge is -2.31. The van der Waals surface area contributed by atoms with Gasteiger partial charge in [-0.15, -0.1) is 0 Å². The van der Waals surface area contributed by atoms with Crippen molar-refractivity contribution in [1.82, 2.24) is 0 Å². The van der Waals surface area contributed by atoms with E-state index in [1.54, 1.807) is 30.3 Å². The maximum Gasteiger partial charge on any atom is 0.258 e. The van der Waals surface area contributed by atoms with Crippen molar-refractivity contribution in [2.75, 3.05) is 12.4 Å². The highest BCUT2D eigenvalue weighted by atomic mass is 35.5. The Morgan fingerprint density at radius 2 is 1.78 bits per heavy atom. The Morgan fingerprint density at radius 1 is 1.13 bits per heavy atom. The van der Waals surface area contributed by atoms with E-state index in [1.165, 1.54) is 13.2 Å². The molecule has 118 valence electrons. The molecule has 0 fully saturated rings. The van der Waals surface area contributed by atoms with Crippen LogP contribution in [-0.4, -0.2) is 18.8 Å². The third-order valence-corrected chi connectivity index (χ3v) is 4.86. The smallest absolute Gasteiger partial charge is 0.258 e. The molecule has 1 aliphatic heterocycles. The van der Waals surface area contributed by atoms with Crippen molar-refractivity contribution in [3.05, 3.63) is 57.6 Å². The van der Waals surface area contributed by atoms with Crippen molar-refractivity contribution in [2.24, 2.45) is 0 Å². The molecule has 1 amide bonds. The highest BCUT2D eigenvalue weighted by Crippen LogP contribution is 2.47. The summed E-state index contributed by atoms with van der Waals surface area (Å²) in [6.07, 6.45) is 0. The molecule has 1 heterocycles. The van der Waals surface area contributed by atoms with Gasteiger partial charge in [0.15, 0.2) is 11.5 Å². The lowest BCUT2D eigenvalue weighted by Crippen LogP contribution is -2.46. The number of Topliss-reactive ketones (excluding diaryl/α,β-unsaturated/α-hetero) is 1. The number of halogens is 3. The SMILES string of the molecule is COc1c(Cl)cc2c(c1Cl)NC(=O)C(Cl)(c1ccccc1)C2=O. The van der Waals surface area contributed by atoms with Gasteiger partial charge < -0.3 is 10.1 Å². The Labute approximate surface area is 147 Å². The molecule has 2 aromatic carbocycles. The second-order valence-electron chi connectivity index (χ2n) is 4.94. The topological polar surface area (TPSA) is 55.4 Å². The van der Waals surface area contributed by atoms with Gasteiger partial charge in [0.2, 0.25) is 4.87 Å². The Hall–Kier alpha value is -1.75. The van der Waals surface area contributed by atoms with Gasteiger partial charge >= 0.3 is 0 Å². The number of carbonyl (C=O) groups excluding carboxylic acids is 2. The van der Waals surface area contributed by atoms with Gasteiger partial charge in [-0.3, -0.25) is 9.59 Å². The fourth-order valence-electron chi connectivity index (χ4n) is 2.51. The van der Waals surface area contributed by atoms with Crippen LogP contribution >= 0.6 is 34.8 Å². The van der Waals surface area contributed by atoms with E-state index in [4.69, 9.17) is 39.5 Å². The predicted molar refractivity (Wildman–Crippen MR) is 89.9 cm³/mol. The number of alkyl halides is 1. The van der Waals surface area contributed by atoms with E-state index in [0.717, 1.165) is 0 Å². The van der Waals surface area contributed by atoms with E-state index < -0.39 is 16.6 Å². The van der Waals surface area contributed by atoms with Crippen LogP contribution in [0.15, 0.2) is 36.4 Å². The van der Waals surface area contributed by atoms with Crippen molar-refractivity contribution in [1.29, 1.82) is 0 Å². The number of nitrogens with one attached hydrogen (secondary N) is 1. The highest BCUT2D eigenvalue weighted by molar-refractivity contribution is 6.53. The molecular weight excluding hydrogens is 361 g/mol. The normalized spacial score (nSPS) is 20.0. The Kier molecular flexibility index (Phi) is 4.00. The molecule has 7 heteroatoms. The molecule has 4 nitrogen and oxygen atoms in total. The molecule has 1 N–H and O–H groups in total. The molecule has 2 aromatic rings. The van der Waals surface area contributed by atoms with E-state index >= 15 is 0 Å². The number of anilines is 1. The lowest BCUT2D eigenvalue weighted by molar-refractivity contribution is -0.117. The van der Waals surface area contributed by atoms with Crippen LogP contribution < -0.4 is 10.1 Å². The van der Waals surface area contributed by atoms with Gasteiger partial charge in [-0.25, -0.2) is 0 Å². The fourth-order valence-corrected chi connectivity index (χ4v) is 3.44. The Balaban J connectivity index is 2.23. The summed E-state index contributed by atoms with van der Waals surface area (Å²) in [7, 11) is 1.39. The van der Waals surface area contributed by atoms with E-state index in [-0.39, 0.29) is 27.0 Å². The highest BCUT2D eigenvalue weighted by Gasteiger charge is 2.50. The maximum atomic E-state index is 12.9. The first-order valence-electron chi connectivity index (χ1n) is 6.58. The molecule has 0 spiro atoms. The lowest BCUT2D eigenvalue weighted by atomic mass is 9.85. The average Bonchev–Trinajstić information content (AvgIpc) is 2.55. The van der Waals surface area contributed by atoms with E-state index in [9.17, 15) is 9.59 Å². The van der Waals surface area contributed by atoms with E-state index in [0.29, 0.717) is 5.56 Å². The summed E-state index contributed by atoms with van der Waals surface area (Å²) in [5.74, 6) is -1.08. The number of carbonyl (C=O) groups is 2. The third kappa shape index (κ3) is 2.29. The largest absolute Gasteiger partial charge is 0.494 e. The molecule has 0 saturated carbocycles. The van der Waals surface area contributed by atoms with Gasteiger partial charge in [-0.1, -0.05) is 65.1 Å². The van der Waals surface area contributed by atoms with Gasteiger partial charge in [0.05, 0.1) is 17.8 Å². The number of amides is 1. The van der Waals surface area contributed by atoms with Crippen LogP contribution in [0.1, 0.15) is 15.9 Å². The molecule has 1 aliphatic rings. The monoisotopic (exact) mass is 369 g/mol. The van der Waals surface area contributed by atoms with Crippen molar-refractivity contribution in [3.8, 4) is 5.75 Å². The molecule has 0 aromatic heterocycles. The van der Waals surface area contributed by atoms with Crippen molar-refractivity contribution >= 4 is 52.2 Å². The summed E-state index contributed by atoms with van der Waals surface area (Å²) in [5.41, 5.74) is 0.659. The number of methoxy groups -OCH3 is 1. The minimum atomic E-state index is -1.87. The van der Waals surface area contributed by atoms with Crippen molar-refractivity contribution < 1.29 is 14.3 Å². The number of hydrogen-bond donors (Lipinski definition) is 1. The Bertz CT molecular complexity index is 823. The van der Waals surface area contributed by atoms with Crippen LogP contribution in [0.4, 0.5) is 5.69 Å². The predicted octanol–water partition coefficient (Wildman–Crippen LogP) is 4.27. The zero-order valence-electron chi connectivity index (χ0n) is 11.8. The van der Waals surface area contributed by atoms with Crippen LogP contribution in [0.5, 0.6) is 5.75 Å². The summed E-state index contributed by atoms with van der Waals surface area (Å²) < 4.78 is 5.09. The maximum absolute atomic E-state index is 12.9. The average molecular weight is 371 g/mol. The van der Waals surface area contributed by atoms with Gasteiger partial charge in [0.1, 0.15) is 5.02 Å². The summed E-state index contributed by atoms with van der Waals surface area (Å²) in [4.78, 5) is 23.6. The van der Waals surface area contributed by atoms with Crippen LogP contribution in [0, 0.1) is 0 Å². The summed E-state index contributed by atoms with van der Waals surface area (Å²) >= 11 is 18.7. The number of rotatable bonds is 2. The van der Waals surface area contributed by atoms with Crippen LogP contribution in [-0.2, 0) is 9.67 Å². The van der Waals surface area contributed by atoms with Gasteiger partial charge in [-0.2, -0.15) is 0 Å². The quantitative estimate of drug-likeness (QED) is 0.634. The molecular formula is C16H10Cl3NO3. The zero-order valence-corrected chi connectivity index (χ0v) is 14.1. The molecule has 3 rings (SSSR count). The van der Waals surface area contributed by atoms with Crippen molar-refractivity contribution in [2.45, 2.75) is 4.87 Å². The first kappa shape index (κ1) is 16.1. The molecule has 0 saturated heterocycles. The summed E-state index contributed by atoms with van der Waals surface area (Å²) in [6, 6.07) is 9.78. The number of fused-ring (bicyclic) bond motifs is 1. The van der Waals surface area contributed by atoms with E-state index in [1.807, 2.05) is 0 Å². The zero-order chi connectivity index (χ0) is 16.8. The number of ketones is 1. The van der Waals surface area contributed by atoms with Gasteiger partial charge in [0.25, 0.3) is 5.91 Å². The second kappa shape index (κ2) is 5.71. The molecule has 0 bridgehead atoms. The van der Waals surface area contributed by atoms with Crippen LogP contribution in [0.2, 0.25) is 10.0 Å². The Morgan fingerprint density at radius 3 is 2.39 bits per heavy atom. The van der Waals surface area contributed by atoms with Gasteiger partial charge in [-0.05, 0) is 11.6 Å². The third-order valence-electron chi connectivity index (χ3n) is 3.66. The number of ether oxygens (including phenoxy) is 1. The van der Waals surface area contributed by atoms with Crippen LogP contribution in [0.3, 0.4) is 0 Å². The van der Waals surface area contributed by atoms with Crippen molar-refractivity contribution in [3.63, 3.8) is 0 Å². The molecule has 1 atom stereocenters. The fraction of sp³-hybridized carbons (Fsp3) is 0.125. The molecule has 0 radical (unpaired) electrons. The van der Waals surface area contributed by atoms with Gasteiger partial charge in [0, 0.05) is 5.56 Å². The molecule has 23 heavy (non-hydrogen) atoms. The molecule has 0 aliphatic carbocycles. The standard InChI is InChI=1S/C16H10Cl3NO3/c1-23-13-10(17)7-9-12(11(13)18)20-15(22)16(19,14(9)21)8-5-3-2-4-6-8/h2-7H,1H3,(H,20,22). The van der Waals surface area contributed by atoms with Crippen LogP contribution in [0.25, 0.3) is 0 Å². The summed E-state index contributed by atoms with van der Waals surface area (Å²) in [6.45, 7) is 0. The second-order valence-corrected chi connectivity index (χ2v) is 6.29. The van der Waals surface area contributed by atoms with E-state index in [2.05, 4.69) is 5.32 Å². The molecule has 1 unspecified atom stereocenters. The first-order valence-corrected chi connectivity index (χ1v) is 7.71. The minimum Gasteiger partial charge on any atom is -0.494 e. The number of hydrogen-bond acceptors (Lipinski definition) is 3. The number of benzene rings is 2. The summed E-state index contributed by atoms with van der Waals surface area (Å²) in [5, 5.41) is 2.81. The minimum absolute atomic E-state index is 0.0588.